The van der Waals surface area contributed by atoms with Crippen LogP contribution in [0.4, 0.5) is 11.4 Å². The van der Waals surface area contributed by atoms with Crippen molar-refractivity contribution in [3.63, 3.8) is 0 Å². The molecule has 3 aromatic carbocycles. The van der Waals surface area contributed by atoms with Gasteiger partial charge in [-0.15, -0.1) is 4.73 Å². The predicted octanol–water partition coefficient (Wildman–Crippen LogP) is 3.67. The molecule has 0 aliphatic rings. The summed E-state index contributed by atoms with van der Waals surface area (Å²) in [7, 11) is 0. The van der Waals surface area contributed by atoms with Crippen LogP contribution in [-0.2, 0) is 6.42 Å². The van der Waals surface area contributed by atoms with E-state index >= 15 is 0 Å². The number of phenolic OH excluding ortho intramolecular Hbond substituents is 1. The number of aromatic nitrogens is 1. The van der Waals surface area contributed by atoms with Crippen LogP contribution in [0.25, 0.3) is 10.9 Å². The van der Waals surface area contributed by atoms with E-state index in [1.54, 1.807) is 6.07 Å². The second kappa shape index (κ2) is 11.6. The highest BCUT2D eigenvalue weighted by atomic mass is 16.5. The maximum absolute atomic E-state index is 11.7. The molecule has 4 rings (SSSR count). The fraction of sp³-hybridized carbons (Fsp3) is 0.276. The molecule has 0 saturated carbocycles. The van der Waals surface area contributed by atoms with E-state index in [-0.39, 0.29) is 23.3 Å². The number of ether oxygens (including phenoxy) is 1. The van der Waals surface area contributed by atoms with Gasteiger partial charge in [-0.05, 0) is 86.5 Å². The lowest BCUT2D eigenvalue weighted by atomic mass is 10.0. The van der Waals surface area contributed by atoms with Crippen molar-refractivity contribution in [3.05, 3.63) is 94.3 Å². The summed E-state index contributed by atoms with van der Waals surface area (Å²) in [5.74, 6) is 0.536. The van der Waals surface area contributed by atoms with Gasteiger partial charge in [-0.1, -0.05) is 18.2 Å². The molecule has 0 saturated heterocycles. The number of hydrogen-bond acceptors (Lipinski definition) is 8. The minimum atomic E-state index is -0.888. The molecule has 0 radical (unpaired) electrons. The van der Waals surface area contributed by atoms with Gasteiger partial charge in [0.15, 0.2) is 0 Å². The second-order valence-electron chi connectivity index (χ2n) is 10.0. The number of hydrogen-bond donors (Lipinski definition) is 6. The number of rotatable bonds is 11. The van der Waals surface area contributed by atoms with Crippen LogP contribution in [-0.4, -0.2) is 45.4 Å². The number of aliphatic hydroxyl groups is 1. The summed E-state index contributed by atoms with van der Waals surface area (Å²) in [5.41, 5.74) is 8.46. The first-order valence-electron chi connectivity index (χ1n) is 12.4. The summed E-state index contributed by atoms with van der Waals surface area (Å²) in [4.78, 5) is 11.7. The number of nitrogens with two attached hydrogens (primary N) is 1. The van der Waals surface area contributed by atoms with Gasteiger partial charge in [0.25, 0.3) is 5.56 Å². The van der Waals surface area contributed by atoms with Gasteiger partial charge < -0.3 is 36.5 Å². The van der Waals surface area contributed by atoms with Gasteiger partial charge in [-0.25, -0.2) is 0 Å². The SMILES string of the molecule is CC(C)(N)COc1ccc(Nc2ccc(CCNCC(O)c3ccc(O)c4c3ccc(=O)n4O)cc2)cc1. The number of anilines is 2. The highest BCUT2D eigenvalue weighted by molar-refractivity contribution is 5.87. The zero-order valence-corrected chi connectivity index (χ0v) is 21.5. The van der Waals surface area contributed by atoms with Crippen LogP contribution in [0.3, 0.4) is 0 Å². The smallest absolute Gasteiger partial charge is 0.283 e. The van der Waals surface area contributed by atoms with Gasteiger partial charge in [0.1, 0.15) is 23.6 Å². The molecule has 9 nitrogen and oxygen atoms in total. The first-order valence-corrected chi connectivity index (χ1v) is 12.4. The van der Waals surface area contributed by atoms with Crippen molar-refractivity contribution < 1.29 is 20.2 Å². The molecule has 9 heteroatoms. The molecule has 200 valence electrons. The van der Waals surface area contributed by atoms with E-state index in [1.165, 1.54) is 18.2 Å². The zero-order chi connectivity index (χ0) is 27.3. The fourth-order valence-corrected chi connectivity index (χ4v) is 4.04. The lowest BCUT2D eigenvalue weighted by Crippen LogP contribution is -2.38. The number of nitrogens with one attached hydrogen (secondary N) is 2. The third-order valence-electron chi connectivity index (χ3n) is 6.04. The molecule has 0 spiro atoms. The maximum atomic E-state index is 11.7. The van der Waals surface area contributed by atoms with Crippen LogP contribution in [0.2, 0.25) is 0 Å². The molecule has 0 aliphatic carbocycles. The number of fused-ring (bicyclic) bond motifs is 1. The minimum Gasteiger partial charge on any atom is -0.506 e. The molecule has 1 unspecified atom stereocenters. The molecule has 4 aromatic rings. The molecule has 7 N–H and O–H groups in total. The number of aromatic hydroxyl groups is 1. The summed E-state index contributed by atoms with van der Waals surface area (Å²) in [6.45, 7) is 5.20. The van der Waals surface area contributed by atoms with Gasteiger partial charge in [0.05, 0.1) is 6.10 Å². The van der Waals surface area contributed by atoms with Crippen molar-refractivity contribution in [2.75, 3.05) is 25.0 Å². The third kappa shape index (κ3) is 6.83. The highest BCUT2D eigenvalue weighted by Gasteiger charge is 2.16. The Hall–Kier alpha value is -4.05. The Morgan fingerprint density at radius 1 is 0.974 bits per heavy atom. The number of phenols is 1. The second-order valence-corrected chi connectivity index (χ2v) is 10.0. The predicted molar refractivity (Wildman–Crippen MR) is 149 cm³/mol. The lowest BCUT2D eigenvalue weighted by Gasteiger charge is -2.19. The Morgan fingerprint density at radius 2 is 1.63 bits per heavy atom. The lowest BCUT2D eigenvalue weighted by molar-refractivity contribution is 0.175. The third-order valence-corrected chi connectivity index (χ3v) is 6.04. The van der Waals surface area contributed by atoms with E-state index in [1.807, 2.05) is 50.2 Å². The van der Waals surface area contributed by atoms with Crippen molar-refractivity contribution in [1.29, 1.82) is 0 Å². The Balaban J connectivity index is 1.26. The summed E-state index contributed by atoms with van der Waals surface area (Å²) in [5, 5.41) is 37.7. The van der Waals surface area contributed by atoms with Crippen molar-refractivity contribution in [2.24, 2.45) is 5.73 Å². The minimum absolute atomic E-state index is 0.0253. The van der Waals surface area contributed by atoms with Crippen molar-refractivity contribution in [1.82, 2.24) is 10.0 Å². The van der Waals surface area contributed by atoms with Gasteiger partial charge in [-0.3, -0.25) is 4.79 Å². The average molecular weight is 519 g/mol. The highest BCUT2D eigenvalue weighted by Crippen LogP contribution is 2.29. The number of nitrogens with zero attached hydrogens (tertiary/aromatic N) is 1. The normalized spacial score (nSPS) is 12.4. The molecule has 0 amide bonds. The average Bonchev–Trinajstić information content (AvgIpc) is 2.89. The Morgan fingerprint density at radius 3 is 2.29 bits per heavy atom. The van der Waals surface area contributed by atoms with E-state index in [9.17, 15) is 20.2 Å². The first-order chi connectivity index (χ1) is 18.1. The van der Waals surface area contributed by atoms with E-state index in [4.69, 9.17) is 10.5 Å². The maximum Gasteiger partial charge on any atom is 0.283 e. The van der Waals surface area contributed by atoms with Crippen LogP contribution in [0, 0.1) is 0 Å². The largest absolute Gasteiger partial charge is 0.506 e. The standard InChI is InChI=1S/C29H34N4O5/c1-29(2,30)18-38-22-9-7-21(8-10-22)32-20-5-3-19(4-6-20)15-16-31-17-26(35)23-11-13-25(34)28-24(23)12-14-27(36)33(28)37/h3-14,26,31-32,34-35,37H,15-18,30H2,1-2H3. The molecule has 0 aliphatic heterocycles. The van der Waals surface area contributed by atoms with E-state index in [2.05, 4.69) is 22.8 Å². The molecular formula is C29H34N4O5. The molecule has 1 aromatic heterocycles. The summed E-state index contributed by atoms with van der Waals surface area (Å²) in [6, 6.07) is 21.5. The Kier molecular flexibility index (Phi) is 8.21. The van der Waals surface area contributed by atoms with Crippen LogP contribution in [0.15, 0.2) is 77.6 Å². The Bertz CT molecular complexity index is 1430. The molecule has 38 heavy (non-hydrogen) atoms. The van der Waals surface area contributed by atoms with Gasteiger partial charge in [-0.2, -0.15) is 0 Å². The number of pyridine rings is 1. The van der Waals surface area contributed by atoms with Gasteiger partial charge in [0, 0.05) is 34.9 Å². The quantitative estimate of drug-likeness (QED) is 0.130. The number of aliphatic hydroxyl groups excluding tert-OH is 1. The fourth-order valence-electron chi connectivity index (χ4n) is 4.04. The van der Waals surface area contributed by atoms with Crippen molar-refractivity contribution >= 4 is 22.3 Å². The summed E-state index contributed by atoms with van der Waals surface area (Å²) in [6.07, 6.45) is -0.121. The van der Waals surface area contributed by atoms with E-state index < -0.39 is 11.7 Å². The van der Waals surface area contributed by atoms with E-state index in [0.717, 1.165) is 29.1 Å². The van der Waals surface area contributed by atoms with E-state index in [0.29, 0.717) is 28.8 Å². The van der Waals surface area contributed by atoms with Crippen LogP contribution in [0.1, 0.15) is 31.1 Å². The monoisotopic (exact) mass is 518 g/mol. The molecule has 1 heterocycles. The summed E-state index contributed by atoms with van der Waals surface area (Å²) < 4.78 is 6.09. The first kappa shape index (κ1) is 27.0. The molecule has 0 bridgehead atoms. The topological polar surface area (TPSA) is 142 Å². The molecule has 1 atom stereocenters. The van der Waals surface area contributed by atoms with Crippen molar-refractivity contribution in [2.45, 2.75) is 31.9 Å². The number of benzene rings is 3. The van der Waals surface area contributed by atoms with Gasteiger partial charge in [0.2, 0.25) is 0 Å². The van der Waals surface area contributed by atoms with Crippen LogP contribution < -0.4 is 26.7 Å². The zero-order valence-electron chi connectivity index (χ0n) is 21.5. The molecular weight excluding hydrogens is 484 g/mol. The summed E-state index contributed by atoms with van der Waals surface area (Å²) >= 11 is 0. The van der Waals surface area contributed by atoms with Crippen molar-refractivity contribution in [3.8, 4) is 11.5 Å². The van der Waals surface area contributed by atoms with Gasteiger partial charge >= 0.3 is 0 Å². The van der Waals surface area contributed by atoms with Crippen LogP contribution >= 0.6 is 0 Å². The van der Waals surface area contributed by atoms with Crippen LogP contribution in [0.5, 0.6) is 11.5 Å². The molecule has 0 fully saturated rings. The Labute approximate surface area is 221 Å².